The molecule has 0 bridgehead atoms. The van der Waals surface area contributed by atoms with Crippen LogP contribution in [0, 0.1) is 5.82 Å². The first-order chi connectivity index (χ1) is 15.1. The molecule has 4 aromatic rings. The third-order valence-corrected chi connectivity index (χ3v) is 5.75. The van der Waals surface area contributed by atoms with Gasteiger partial charge in [0.15, 0.2) is 11.5 Å². The predicted molar refractivity (Wildman–Crippen MR) is 117 cm³/mol. The van der Waals surface area contributed by atoms with Crippen LogP contribution in [-0.4, -0.2) is 39.2 Å². The number of alkyl halides is 1. The Bertz CT molecular complexity index is 1210. The summed E-state index contributed by atoms with van der Waals surface area (Å²) in [5, 5.41) is 0. The number of halogens is 2. The lowest BCUT2D eigenvalue weighted by Gasteiger charge is -2.30. The molecule has 0 saturated carbocycles. The molecule has 1 fully saturated rings. The first-order valence-corrected chi connectivity index (χ1v) is 10.3. The number of imidazole rings is 1. The summed E-state index contributed by atoms with van der Waals surface area (Å²) in [4.78, 5) is 18.9. The highest BCUT2D eigenvalue weighted by Gasteiger charge is 2.19. The molecule has 8 heteroatoms. The molecule has 3 aromatic heterocycles. The normalized spacial score (nSPS) is 15.0. The minimum absolute atomic E-state index is 0.151. The summed E-state index contributed by atoms with van der Waals surface area (Å²) in [6, 6.07) is 10.7. The van der Waals surface area contributed by atoms with Crippen LogP contribution in [-0.2, 0) is 6.54 Å². The second-order valence-corrected chi connectivity index (χ2v) is 7.71. The molecule has 1 aromatic carbocycles. The number of hydrogen-bond donors (Lipinski definition) is 2. The van der Waals surface area contributed by atoms with Gasteiger partial charge in [-0.25, -0.2) is 18.7 Å². The van der Waals surface area contributed by atoms with E-state index in [0.29, 0.717) is 59.7 Å². The van der Waals surface area contributed by atoms with Crippen molar-refractivity contribution in [3.8, 4) is 22.6 Å². The third kappa shape index (κ3) is 3.74. The van der Waals surface area contributed by atoms with Gasteiger partial charge in [-0.3, -0.25) is 4.98 Å². The molecule has 158 valence electrons. The first-order valence-electron chi connectivity index (χ1n) is 10.3. The van der Waals surface area contributed by atoms with Gasteiger partial charge in [-0.15, -0.1) is 0 Å². The fourth-order valence-corrected chi connectivity index (χ4v) is 3.96. The van der Waals surface area contributed by atoms with Gasteiger partial charge in [0, 0.05) is 37.0 Å². The van der Waals surface area contributed by atoms with Crippen LogP contribution in [0.3, 0.4) is 0 Å². The minimum atomic E-state index is -0.708. The smallest absolute Gasteiger partial charge is 0.158 e. The monoisotopic (exact) mass is 420 g/mol. The van der Waals surface area contributed by atoms with E-state index in [1.165, 1.54) is 6.07 Å². The molecule has 5 rings (SSSR count). The van der Waals surface area contributed by atoms with E-state index < -0.39 is 6.17 Å². The van der Waals surface area contributed by atoms with Gasteiger partial charge in [0.1, 0.15) is 23.2 Å². The number of fused-ring (bicyclic) bond motifs is 1. The zero-order valence-corrected chi connectivity index (χ0v) is 16.9. The molecule has 1 saturated heterocycles. The van der Waals surface area contributed by atoms with Crippen LogP contribution in [0.15, 0.2) is 48.8 Å². The Labute approximate surface area is 178 Å². The molecule has 6 nitrogen and oxygen atoms in total. The quantitative estimate of drug-likeness (QED) is 0.516. The third-order valence-electron chi connectivity index (χ3n) is 5.75. The number of anilines is 1. The number of benzene rings is 1. The number of rotatable bonds is 4. The van der Waals surface area contributed by atoms with Crippen molar-refractivity contribution in [3.63, 3.8) is 0 Å². The number of pyridine rings is 2. The number of aromatic nitrogens is 4. The van der Waals surface area contributed by atoms with E-state index in [0.717, 1.165) is 11.3 Å². The molecule has 1 aliphatic rings. The topological polar surface area (TPSA) is 83.7 Å². The lowest BCUT2D eigenvalue weighted by molar-refractivity contribution is 0.277. The second-order valence-electron chi connectivity index (χ2n) is 7.71. The van der Waals surface area contributed by atoms with Crippen molar-refractivity contribution < 1.29 is 8.78 Å². The van der Waals surface area contributed by atoms with Crippen LogP contribution in [0.5, 0.6) is 0 Å². The van der Waals surface area contributed by atoms with Gasteiger partial charge in [0.25, 0.3) is 0 Å². The summed E-state index contributed by atoms with van der Waals surface area (Å²) < 4.78 is 27.6. The van der Waals surface area contributed by atoms with E-state index in [1.807, 2.05) is 24.3 Å². The van der Waals surface area contributed by atoms with E-state index in [4.69, 9.17) is 10.7 Å². The van der Waals surface area contributed by atoms with Gasteiger partial charge in [-0.2, -0.15) is 0 Å². The van der Waals surface area contributed by atoms with Gasteiger partial charge in [0.2, 0.25) is 0 Å². The Morgan fingerprint density at radius 2 is 1.94 bits per heavy atom. The van der Waals surface area contributed by atoms with Gasteiger partial charge < -0.3 is 15.6 Å². The van der Waals surface area contributed by atoms with Crippen LogP contribution in [0.1, 0.15) is 18.4 Å². The summed E-state index contributed by atoms with van der Waals surface area (Å²) in [7, 11) is 0. The van der Waals surface area contributed by atoms with Gasteiger partial charge in [-0.1, -0.05) is 12.1 Å². The number of piperidine rings is 1. The van der Waals surface area contributed by atoms with Gasteiger partial charge >= 0.3 is 0 Å². The van der Waals surface area contributed by atoms with Crippen LogP contribution in [0.25, 0.3) is 33.8 Å². The van der Waals surface area contributed by atoms with Gasteiger partial charge in [0.05, 0.1) is 11.9 Å². The molecule has 4 heterocycles. The predicted octanol–water partition coefficient (Wildman–Crippen LogP) is 4.22. The van der Waals surface area contributed by atoms with Crippen LogP contribution in [0.2, 0.25) is 0 Å². The lowest BCUT2D eigenvalue weighted by atomic mass is 10.0. The Kier molecular flexibility index (Phi) is 5.07. The van der Waals surface area contributed by atoms with Crippen molar-refractivity contribution in [2.45, 2.75) is 25.6 Å². The van der Waals surface area contributed by atoms with Crippen molar-refractivity contribution >= 4 is 16.9 Å². The molecule has 31 heavy (non-hydrogen) atoms. The van der Waals surface area contributed by atoms with E-state index in [1.54, 1.807) is 18.5 Å². The average Bonchev–Trinajstić information content (AvgIpc) is 3.24. The Morgan fingerprint density at radius 3 is 2.65 bits per heavy atom. The highest BCUT2D eigenvalue weighted by Crippen LogP contribution is 2.30. The van der Waals surface area contributed by atoms with Crippen molar-refractivity contribution in [1.29, 1.82) is 0 Å². The molecule has 0 unspecified atom stereocenters. The number of nitrogens with zero attached hydrogens (tertiary/aromatic N) is 4. The summed E-state index contributed by atoms with van der Waals surface area (Å²) in [6.45, 7) is 1.54. The summed E-state index contributed by atoms with van der Waals surface area (Å²) in [5.41, 5.74) is 10.4. The van der Waals surface area contributed by atoms with Crippen molar-refractivity contribution in [1.82, 2.24) is 19.9 Å². The molecule has 0 spiro atoms. The fourth-order valence-electron chi connectivity index (χ4n) is 3.96. The Balaban J connectivity index is 1.46. The standard InChI is InChI=1S/C23H22F2N6/c24-16-6-9-31(10-7-16)17-3-4-20(28-13-17)22-29-21-18(5-8-27-23(21)30-22)14-1-2-15(12-26)19(25)11-14/h1-5,8,11,13,16H,6-7,9-10,12,26H2,(H,27,29,30). The summed E-state index contributed by atoms with van der Waals surface area (Å²) in [6.07, 6.45) is 3.84. The summed E-state index contributed by atoms with van der Waals surface area (Å²) >= 11 is 0. The maximum atomic E-state index is 14.3. The number of nitrogens with one attached hydrogen (secondary N) is 1. The van der Waals surface area contributed by atoms with Crippen molar-refractivity contribution in [3.05, 3.63) is 60.2 Å². The number of nitrogens with two attached hydrogens (primary N) is 1. The zero-order valence-electron chi connectivity index (χ0n) is 16.9. The Morgan fingerprint density at radius 1 is 1.10 bits per heavy atom. The molecule has 3 N–H and O–H groups in total. The maximum Gasteiger partial charge on any atom is 0.158 e. The molecule has 0 aliphatic carbocycles. The van der Waals surface area contributed by atoms with Gasteiger partial charge in [-0.05, 0) is 42.7 Å². The van der Waals surface area contributed by atoms with Crippen molar-refractivity contribution in [2.24, 2.45) is 5.73 Å². The molecule has 1 aliphatic heterocycles. The first kappa shape index (κ1) is 19.6. The Hall–Kier alpha value is -3.39. The van der Waals surface area contributed by atoms with Crippen LogP contribution >= 0.6 is 0 Å². The average molecular weight is 420 g/mol. The highest BCUT2D eigenvalue weighted by atomic mass is 19.1. The van der Waals surface area contributed by atoms with E-state index >= 15 is 0 Å². The SMILES string of the molecule is NCc1ccc(-c2ccnc3[nH]c(-c4ccc(N5CCC(F)CC5)cn4)nc23)cc1F. The zero-order chi connectivity index (χ0) is 21.4. The molecule has 0 atom stereocenters. The minimum Gasteiger partial charge on any atom is -0.370 e. The second kappa shape index (κ2) is 8.03. The van der Waals surface area contributed by atoms with E-state index in [9.17, 15) is 8.78 Å². The molecule has 0 radical (unpaired) electrons. The number of H-pyrrole nitrogens is 1. The number of aromatic amines is 1. The molecule has 0 amide bonds. The highest BCUT2D eigenvalue weighted by molar-refractivity contribution is 5.91. The van der Waals surface area contributed by atoms with Crippen molar-refractivity contribution in [2.75, 3.05) is 18.0 Å². The van der Waals surface area contributed by atoms with Crippen LogP contribution < -0.4 is 10.6 Å². The number of hydrogen-bond acceptors (Lipinski definition) is 5. The molecular formula is C23H22F2N6. The molecular weight excluding hydrogens is 398 g/mol. The maximum absolute atomic E-state index is 14.3. The van der Waals surface area contributed by atoms with Crippen LogP contribution in [0.4, 0.5) is 14.5 Å². The largest absolute Gasteiger partial charge is 0.370 e. The van der Waals surface area contributed by atoms with E-state index in [-0.39, 0.29) is 12.4 Å². The van der Waals surface area contributed by atoms with E-state index in [2.05, 4.69) is 19.9 Å². The lowest BCUT2D eigenvalue weighted by Crippen LogP contribution is -2.34. The summed E-state index contributed by atoms with van der Waals surface area (Å²) in [5.74, 6) is 0.248. The fraction of sp³-hybridized carbons (Fsp3) is 0.261.